The number of rotatable bonds is 15. The number of hydrogen-bond donors (Lipinski definition) is 3. The third-order valence-corrected chi connectivity index (χ3v) is 5.92. The van der Waals surface area contributed by atoms with Gasteiger partial charge in [0.1, 0.15) is 6.61 Å². The molecule has 2 aromatic carbocycles. The number of nitrogens with zero attached hydrogens (tertiary/aromatic N) is 1. The van der Waals surface area contributed by atoms with Crippen molar-refractivity contribution in [3.05, 3.63) is 71.9 Å². The van der Waals surface area contributed by atoms with Gasteiger partial charge in [0.2, 0.25) is 0 Å². The molecule has 0 unspecified atom stereocenters. The largest absolute Gasteiger partial charge is 0.488 e. The van der Waals surface area contributed by atoms with Gasteiger partial charge in [-0.05, 0) is 67.6 Å². The van der Waals surface area contributed by atoms with Gasteiger partial charge in [0.25, 0.3) is 5.91 Å². The molecule has 7 nitrogen and oxygen atoms in total. The van der Waals surface area contributed by atoms with Gasteiger partial charge < -0.3 is 30.2 Å². The van der Waals surface area contributed by atoms with Crippen LogP contribution in [0.2, 0.25) is 0 Å². The van der Waals surface area contributed by atoms with Gasteiger partial charge in [-0.3, -0.25) is 4.79 Å². The first-order chi connectivity index (χ1) is 18.1. The molecule has 0 aliphatic heterocycles. The number of carbonyl (C=O) groups excluding carboxylic acids is 1. The van der Waals surface area contributed by atoms with Gasteiger partial charge in [-0.25, -0.2) is 0 Å². The molecule has 1 atom stereocenters. The molecule has 0 fully saturated rings. The zero-order chi connectivity index (χ0) is 27.7. The number of ether oxygens (including phenoxy) is 2. The minimum Gasteiger partial charge on any atom is -0.488 e. The van der Waals surface area contributed by atoms with Crippen molar-refractivity contribution in [3.8, 4) is 11.5 Å². The summed E-state index contributed by atoms with van der Waals surface area (Å²) in [5.74, 6) is -0.246. The van der Waals surface area contributed by atoms with Crippen LogP contribution in [0.1, 0.15) is 34.8 Å². The smallest absolute Gasteiger partial charge is 0.422 e. The van der Waals surface area contributed by atoms with Crippen LogP contribution >= 0.6 is 0 Å². The molecule has 0 aliphatic rings. The standard InChI is InChI=1S/C28H34F3N3O4/c1-3-5-20-6-7-24(25(17-20)38-18-28(29,30)31)37-13-9-33-19(2)14-21-15-22-8-11-34(10-4-12-35)26(22)23(16-21)27(32)36/h3,6-8,11,15-17,19,33,35H,1,4-5,9-10,12-14,18H2,2H3,(H2,32,36)/t19-/m1/s1. The Kier molecular flexibility index (Phi) is 10.2. The Morgan fingerprint density at radius 3 is 2.66 bits per heavy atom. The van der Waals surface area contributed by atoms with Crippen molar-refractivity contribution in [2.45, 2.75) is 44.9 Å². The number of aliphatic hydroxyl groups excluding tert-OH is 1. The van der Waals surface area contributed by atoms with Crippen LogP contribution in [-0.2, 0) is 19.4 Å². The fourth-order valence-electron chi connectivity index (χ4n) is 4.27. The lowest BCUT2D eigenvalue weighted by Crippen LogP contribution is -2.32. The maximum atomic E-state index is 12.7. The Balaban J connectivity index is 1.60. The molecule has 10 heteroatoms. The maximum absolute atomic E-state index is 12.7. The van der Waals surface area contributed by atoms with Crippen molar-refractivity contribution in [1.82, 2.24) is 9.88 Å². The summed E-state index contributed by atoms with van der Waals surface area (Å²) in [7, 11) is 0. The van der Waals surface area contributed by atoms with Crippen molar-refractivity contribution in [2.75, 3.05) is 26.4 Å². The minimum atomic E-state index is -4.46. The maximum Gasteiger partial charge on any atom is 0.422 e. The third-order valence-electron chi connectivity index (χ3n) is 5.92. The SMILES string of the molecule is C=CCc1ccc(OCCN[C@H](C)Cc2cc(C(N)=O)c3c(ccn3CCCO)c2)c(OCC(F)(F)F)c1. The Labute approximate surface area is 220 Å². The lowest BCUT2D eigenvalue weighted by molar-refractivity contribution is -0.153. The quantitative estimate of drug-likeness (QED) is 0.199. The fraction of sp³-hybridized carbons (Fsp3) is 0.393. The summed E-state index contributed by atoms with van der Waals surface area (Å²) in [5.41, 5.74) is 8.56. The molecule has 3 rings (SSSR count). The number of fused-ring (bicyclic) bond motifs is 1. The number of halogens is 3. The average Bonchev–Trinajstić information content (AvgIpc) is 3.26. The monoisotopic (exact) mass is 533 g/mol. The predicted molar refractivity (Wildman–Crippen MR) is 141 cm³/mol. The number of carbonyl (C=O) groups is 1. The van der Waals surface area contributed by atoms with E-state index in [1.807, 2.05) is 29.8 Å². The first kappa shape index (κ1) is 29.1. The second kappa shape index (κ2) is 13.3. The van der Waals surface area contributed by atoms with Gasteiger partial charge in [-0.2, -0.15) is 13.2 Å². The second-order valence-electron chi connectivity index (χ2n) is 9.12. The van der Waals surface area contributed by atoms with E-state index in [0.717, 1.165) is 22.0 Å². The number of hydrogen-bond acceptors (Lipinski definition) is 5. The molecular formula is C28H34F3N3O4. The van der Waals surface area contributed by atoms with Crippen LogP contribution in [0.5, 0.6) is 11.5 Å². The van der Waals surface area contributed by atoms with E-state index < -0.39 is 18.7 Å². The second-order valence-corrected chi connectivity index (χ2v) is 9.12. The molecule has 0 saturated heterocycles. The highest BCUT2D eigenvalue weighted by Crippen LogP contribution is 2.30. The number of aromatic nitrogens is 1. The van der Waals surface area contributed by atoms with Gasteiger partial charge in [0, 0.05) is 37.3 Å². The van der Waals surface area contributed by atoms with Crippen LogP contribution in [0.15, 0.2) is 55.3 Å². The molecule has 0 saturated carbocycles. The number of aliphatic hydroxyl groups is 1. The highest BCUT2D eigenvalue weighted by atomic mass is 19.4. The molecule has 4 N–H and O–H groups in total. The summed E-state index contributed by atoms with van der Waals surface area (Å²) in [4.78, 5) is 12.2. The lowest BCUT2D eigenvalue weighted by atomic mass is 10.0. The Bertz CT molecular complexity index is 1240. The van der Waals surface area contributed by atoms with Crippen LogP contribution in [0.4, 0.5) is 13.2 Å². The highest BCUT2D eigenvalue weighted by Gasteiger charge is 2.29. The van der Waals surface area contributed by atoms with E-state index in [4.69, 9.17) is 20.3 Å². The number of nitrogens with two attached hydrogens (primary N) is 1. The van der Waals surface area contributed by atoms with Gasteiger partial charge in [0.15, 0.2) is 18.1 Å². The van der Waals surface area contributed by atoms with E-state index in [2.05, 4.69) is 11.9 Å². The molecule has 0 bridgehead atoms. The summed E-state index contributed by atoms with van der Waals surface area (Å²) in [6.45, 7) is 5.52. The normalized spacial score (nSPS) is 12.4. The summed E-state index contributed by atoms with van der Waals surface area (Å²) in [6.07, 6.45) is 0.772. The number of allylic oxidation sites excluding steroid dienone is 1. The minimum absolute atomic E-state index is 0.0177. The third kappa shape index (κ3) is 8.26. The Hall–Kier alpha value is -3.50. The van der Waals surface area contributed by atoms with E-state index in [-0.39, 0.29) is 30.8 Å². The molecule has 1 aromatic heterocycles. The van der Waals surface area contributed by atoms with Gasteiger partial charge in [-0.15, -0.1) is 6.58 Å². The van der Waals surface area contributed by atoms with Crippen LogP contribution < -0.4 is 20.5 Å². The van der Waals surface area contributed by atoms with Crippen LogP contribution in [0.25, 0.3) is 10.9 Å². The molecule has 206 valence electrons. The zero-order valence-electron chi connectivity index (χ0n) is 21.4. The van der Waals surface area contributed by atoms with Crippen LogP contribution in [-0.4, -0.2) is 54.2 Å². The predicted octanol–water partition coefficient (Wildman–Crippen LogP) is 4.39. The summed E-state index contributed by atoms with van der Waals surface area (Å²) < 4.78 is 50.6. The van der Waals surface area contributed by atoms with Crippen molar-refractivity contribution >= 4 is 16.8 Å². The number of primary amides is 1. The van der Waals surface area contributed by atoms with E-state index >= 15 is 0 Å². The van der Waals surface area contributed by atoms with Gasteiger partial charge in [0.05, 0.1) is 11.1 Å². The molecular weight excluding hydrogens is 499 g/mol. The molecule has 0 radical (unpaired) electrons. The first-order valence-electron chi connectivity index (χ1n) is 12.4. The molecule has 1 amide bonds. The molecule has 1 heterocycles. The first-order valence-corrected chi connectivity index (χ1v) is 12.4. The number of benzene rings is 2. The van der Waals surface area contributed by atoms with E-state index in [9.17, 15) is 18.0 Å². The number of amides is 1. The fourth-order valence-corrected chi connectivity index (χ4v) is 4.27. The lowest BCUT2D eigenvalue weighted by Gasteiger charge is -2.17. The number of aryl methyl sites for hydroxylation is 1. The van der Waals surface area contributed by atoms with Crippen molar-refractivity contribution in [2.24, 2.45) is 5.73 Å². The summed E-state index contributed by atoms with van der Waals surface area (Å²) >= 11 is 0. The number of nitrogens with one attached hydrogen (secondary N) is 1. The van der Waals surface area contributed by atoms with Gasteiger partial charge in [-0.1, -0.05) is 12.1 Å². The highest BCUT2D eigenvalue weighted by molar-refractivity contribution is 6.05. The molecule has 0 spiro atoms. The Morgan fingerprint density at radius 1 is 1.18 bits per heavy atom. The molecule has 38 heavy (non-hydrogen) atoms. The average molecular weight is 534 g/mol. The van der Waals surface area contributed by atoms with Gasteiger partial charge >= 0.3 is 6.18 Å². The molecule has 0 aliphatic carbocycles. The van der Waals surface area contributed by atoms with E-state index in [0.29, 0.717) is 37.9 Å². The Morgan fingerprint density at radius 2 is 1.97 bits per heavy atom. The van der Waals surface area contributed by atoms with Crippen molar-refractivity contribution in [3.63, 3.8) is 0 Å². The van der Waals surface area contributed by atoms with E-state index in [1.54, 1.807) is 24.3 Å². The van der Waals surface area contributed by atoms with Crippen molar-refractivity contribution in [1.29, 1.82) is 0 Å². The van der Waals surface area contributed by atoms with Crippen LogP contribution in [0.3, 0.4) is 0 Å². The summed E-state index contributed by atoms with van der Waals surface area (Å²) in [5, 5.41) is 13.4. The van der Waals surface area contributed by atoms with Crippen molar-refractivity contribution < 1.29 is 32.5 Å². The van der Waals surface area contributed by atoms with E-state index in [1.165, 1.54) is 6.07 Å². The summed E-state index contributed by atoms with van der Waals surface area (Å²) in [6, 6.07) is 10.6. The zero-order valence-corrected chi connectivity index (χ0v) is 21.4. The molecule has 3 aromatic rings. The number of alkyl halides is 3. The topological polar surface area (TPSA) is 98.7 Å². The van der Waals surface area contributed by atoms with Crippen LogP contribution in [0, 0.1) is 0 Å².